The third-order valence-corrected chi connectivity index (χ3v) is 4.31. The maximum atomic E-state index is 12.2. The van der Waals surface area contributed by atoms with E-state index in [0.717, 1.165) is 25.2 Å². The second-order valence-corrected chi connectivity index (χ2v) is 6.32. The van der Waals surface area contributed by atoms with Crippen LogP contribution in [0.25, 0.3) is 0 Å². The van der Waals surface area contributed by atoms with Crippen molar-refractivity contribution in [2.45, 2.75) is 57.1 Å². The van der Waals surface area contributed by atoms with Gasteiger partial charge >= 0.3 is 0 Å². The van der Waals surface area contributed by atoms with Gasteiger partial charge in [-0.15, -0.1) is 5.10 Å². The van der Waals surface area contributed by atoms with Gasteiger partial charge in [-0.2, -0.15) is 0 Å². The summed E-state index contributed by atoms with van der Waals surface area (Å²) in [6.07, 6.45) is 3.48. The van der Waals surface area contributed by atoms with Gasteiger partial charge in [0.2, 0.25) is 11.1 Å². The molecule has 0 aliphatic carbocycles. The largest absolute Gasteiger partial charge is 0.339 e. The average Bonchev–Trinajstić information content (AvgIpc) is 2.85. The monoisotopic (exact) mass is 282 g/mol. The Labute approximate surface area is 118 Å². The summed E-state index contributed by atoms with van der Waals surface area (Å²) in [5.41, 5.74) is 0. The first-order valence-corrected chi connectivity index (χ1v) is 7.91. The molecule has 0 bridgehead atoms. The molecule has 1 aliphatic rings. The minimum absolute atomic E-state index is 0.202. The van der Waals surface area contributed by atoms with Gasteiger partial charge in [-0.25, -0.2) is 4.98 Å². The fourth-order valence-electron chi connectivity index (χ4n) is 2.26. The van der Waals surface area contributed by atoms with E-state index in [0.29, 0.717) is 22.9 Å². The second kappa shape index (κ2) is 6.41. The molecule has 1 aromatic rings. The van der Waals surface area contributed by atoms with Crippen molar-refractivity contribution in [2.24, 2.45) is 0 Å². The van der Waals surface area contributed by atoms with Gasteiger partial charge in [0.05, 0.1) is 5.75 Å². The summed E-state index contributed by atoms with van der Waals surface area (Å²) in [6.45, 7) is 7.15. The first kappa shape index (κ1) is 14.4. The summed E-state index contributed by atoms with van der Waals surface area (Å²) >= 11 is 1.42. The number of aromatic amines is 1. The number of likely N-dealkylation sites (tertiary alicyclic amines) is 1. The first-order chi connectivity index (χ1) is 9.08. The molecule has 2 heterocycles. The number of thioether (sulfide) groups is 1. The number of nitrogens with one attached hydrogen (secondary N) is 1. The van der Waals surface area contributed by atoms with E-state index in [2.05, 4.69) is 36.0 Å². The van der Waals surface area contributed by atoms with Gasteiger partial charge in [-0.05, 0) is 26.2 Å². The zero-order chi connectivity index (χ0) is 13.8. The lowest BCUT2D eigenvalue weighted by molar-refractivity contribution is -0.131. The molecule has 1 aromatic heterocycles. The van der Waals surface area contributed by atoms with Crippen LogP contribution in [-0.2, 0) is 4.79 Å². The standard InChI is InChI=1S/C13H22N4OS/c1-9(2)12-14-13(16-15-12)19-8-11(18)17-7-5-4-6-10(17)3/h9-10H,4-8H2,1-3H3,(H,14,15,16). The molecule has 106 valence electrons. The highest BCUT2D eigenvalue weighted by molar-refractivity contribution is 7.99. The highest BCUT2D eigenvalue weighted by Gasteiger charge is 2.23. The Kier molecular flexibility index (Phi) is 4.85. The number of rotatable bonds is 4. The quantitative estimate of drug-likeness (QED) is 0.862. The van der Waals surface area contributed by atoms with Crippen molar-refractivity contribution in [2.75, 3.05) is 12.3 Å². The second-order valence-electron chi connectivity index (χ2n) is 5.38. The van der Waals surface area contributed by atoms with Crippen molar-refractivity contribution < 1.29 is 4.79 Å². The lowest BCUT2D eigenvalue weighted by atomic mass is 10.0. The van der Waals surface area contributed by atoms with Crippen molar-refractivity contribution in [3.63, 3.8) is 0 Å². The van der Waals surface area contributed by atoms with Crippen LogP contribution in [0.1, 0.15) is 51.8 Å². The predicted octanol–water partition coefficient (Wildman–Crippen LogP) is 2.42. The van der Waals surface area contributed by atoms with Crippen LogP contribution in [0.15, 0.2) is 5.16 Å². The Morgan fingerprint density at radius 3 is 2.95 bits per heavy atom. The molecule has 2 rings (SSSR count). The maximum absolute atomic E-state index is 12.2. The lowest BCUT2D eigenvalue weighted by Gasteiger charge is -2.33. The van der Waals surface area contributed by atoms with Gasteiger partial charge in [0.25, 0.3) is 0 Å². The summed E-state index contributed by atoms with van der Waals surface area (Å²) < 4.78 is 0. The Morgan fingerprint density at radius 2 is 2.32 bits per heavy atom. The number of nitrogens with zero attached hydrogens (tertiary/aromatic N) is 3. The van der Waals surface area contributed by atoms with Crippen molar-refractivity contribution >= 4 is 17.7 Å². The third-order valence-electron chi connectivity index (χ3n) is 3.48. The van der Waals surface area contributed by atoms with Crippen molar-refractivity contribution in [3.8, 4) is 0 Å². The number of hydrogen-bond acceptors (Lipinski definition) is 4. The number of piperidine rings is 1. The van der Waals surface area contributed by atoms with Gasteiger partial charge < -0.3 is 4.90 Å². The average molecular weight is 282 g/mol. The molecule has 1 unspecified atom stereocenters. The van der Waals surface area contributed by atoms with E-state index in [1.807, 2.05) is 4.90 Å². The molecular formula is C13H22N4OS. The minimum Gasteiger partial charge on any atom is -0.339 e. The van der Waals surface area contributed by atoms with Gasteiger partial charge in [0.1, 0.15) is 5.82 Å². The number of H-pyrrole nitrogens is 1. The fraction of sp³-hybridized carbons (Fsp3) is 0.769. The lowest BCUT2D eigenvalue weighted by Crippen LogP contribution is -2.42. The molecule has 0 saturated carbocycles. The van der Waals surface area contributed by atoms with E-state index in [1.54, 1.807) is 0 Å². The number of hydrogen-bond donors (Lipinski definition) is 1. The number of carbonyl (C=O) groups is 1. The van der Waals surface area contributed by atoms with Crippen LogP contribution in [0.3, 0.4) is 0 Å². The van der Waals surface area contributed by atoms with Crippen LogP contribution in [0, 0.1) is 0 Å². The molecule has 0 aromatic carbocycles. The van der Waals surface area contributed by atoms with Crippen LogP contribution in [0.2, 0.25) is 0 Å². The van der Waals surface area contributed by atoms with Crippen molar-refractivity contribution in [3.05, 3.63) is 5.82 Å². The van der Waals surface area contributed by atoms with Crippen LogP contribution >= 0.6 is 11.8 Å². The van der Waals surface area contributed by atoms with E-state index < -0.39 is 0 Å². The number of aromatic nitrogens is 3. The summed E-state index contributed by atoms with van der Waals surface area (Å²) in [4.78, 5) is 18.5. The molecule has 1 N–H and O–H groups in total. The van der Waals surface area contributed by atoms with Gasteiger partial charge in [0.15, 0.2) is 0 Å². The van der Waals surface area contributed by atoms with Gasteiger partial charge in [-0.1, -0.05) is 25.6 Å². The molecule has 6 heteroatoms. The fourth-order valence-corrected chi connectivity index (χ4v) is 2.95. The van der Waals surface area contributed by atoms with Crippen LogP contribution in [-0.4, -0.2) is 44.3 Å². The van der Waals surface area contributed by atoms with Crippen LogP contribution < -0.4 is 0 Å². The predicted molar refractivity (Wildman–Crippen MR) is 76.2 cm³/mol. The summed E-state index contributed by atoms with van der Waals surface area (Å²) in [5.74, 6) is 1.84. The SMILES string of the molecule is CC(C)c1nc(SCC(=O)N2CCCCC2C)n[nH]1. The van der Waals surface area contributed by atoms with Crippen molar-refractivity contribution in [1.29, 1.82) is 0 Å². The number of carbonyl (C=O) groups excluding carboxylic acids is 1. The van der Waals surface area contributed by atoms with E-state index in [9.17, 15) is 4.79 Å². The van der Waals surface area contributed by atoms with E-state index in [1.165, 1.54) is 18.2 Å². The molecule has 1 aliphatic heterocycles. The molecule has 0 spiro atoms. The van der Waals surface area contributed by atoms with E-state index in [-0.39, 0.29) is 5.91 Å². The highest BCUT2D eigenvalue weighted by Crippen LogP contribution is 2.20. The Hall–Kier alpha value is -1.04. The van der Waals surface area contributed by atoms with Crippen LogP contribution in [0.4, 0.5) is 0 Å². The molecule has 1 atom stereocenters. The number of amides is 1. The van der Waals surface area contributed by atoms with Gasteiger partial charge in [0, 0.05) is 18.5 Å². The summed E-state index contributed by atoms with van der Waals surface area (Å²) in [6, 6.07) is 0.375. The molecule has 1 fully saturated rings. The third kappa shape index (κ3) is 3.72. The van der Waals surface area contributed by atoms with Crippen molar-refractivity contribution in [1.82, 2.24) is 20.1 Å². The minimum atomic E-state index is 0.202. The zero-order valence-electron chi connectivity index (χ0n) is 11.8. The summed E-state index contributed by atoms with van der Waals surface area (Å²) in [5, 5.41) is 7.71. The zero-order valence-corrected chi connectivity index (χ0v) is 12.7. The Bertz CT molecular complexity index is 432. The highest BCUT2D eigenvalue weighted by atomic mass is 32.2. The molecule has 19 heavy (non-hydrogen) atoms. The maximum Gasteiger partial charge on any atom is 0.233 e. The Balaban J connectivity index is 1.85. The van der Waals surface area contributed by atoms with Crippen LogP contribution in [0.5, 0.6) is 0 Å². The smallest absolute Gasteiger partial charge is 0.233 e. The molecule has 1 amide bonds. The topological polar surface area (TPSA) is 61.9 Å². The van der Waals surface area contributed by atoms with E-state index in [4.69, 9.17) is 0 Å². The normalized spacial score (nSPS) is 20.0. The van der Waals surface area contributed by atoms with E-state index >= 15 is 0 Å². The Morgan fingerprint density at radius 1 is 1.53 bits per heavy atom. The molecular weight excluding hydrogens is 260 g/mol. The van der Waals surface area contributed by atoms with Gasteiger partial charge in [-0.3, -0.25) is 9.89 Å². The first-order valence-electron chi connectivity index (χ1n) is 6.92. The molecule has 5 nitrogen and oxygen atoms in total. The molecule has 1 saturated heterocycles. The molecule has 0 radical (unpaired) electrons. The summed E-state index contributed by atoms with van der Waals surface area (Å²) in [7, 11) is 0.